The van der Waals surface area contributed by atoms with Crippen molar-refractivity contribution in [2.75, 3.05) is 13.1 Å². The van der Waals surface area contributed by atoms with Crippen molar-refractivity contribution in [1.82, 2.24) is 4.90 Å². The topological polar surface area (TPSA) is 53.1 Å². The van der Waals surface area contributed by atoms with Crippen molar-refractivity contribution in [2.45, 2.75) is 26.7 Å². The fourth-order valence-corrected chi connectivity index (χ4v) is 1.74. The zero-order valence-corrected chi connectivity index (χ0v) is 9.01. The first kappa shape index (κ1) is 10.8. The van der Waals surface area contributed by atoms with E-state index in [4.69, 9.17) is 11.1 Å². The molecule has 0 radical (unpaired) electrons. The number of amidine groups is 1. The van der Waals surface area contributed by atoms with Crippen molar-refractivity contribution in [3.05, 3.63) is 23.4 Å². The van der Waals surface area contributed by atoms with Gasteiger partial charge in [-0.15, -0.1) is 0 Å². The average molecular weight is 193 g/mol. The van der Waals surface area contributed by atoms with Crippen molar-refractivity contribution in [3.63, 3.8) is 0 Å². The molecule has 1 aliphatic carbocycles. The van der Waals surface area contributed by atoms with E-state index in [1.807, 2.05) is 6.08 Å². The third-order valence-corrected chi connectivity index (χ3v) is 2.64. The van der Waals surface area contributed by atoms with Crippen LogP contribution in [0, 0.1) is 5.41 Å². The fraction of sp³-hybridized carbons (Fsp3) is 0.545. The molecular weight excluding hydrogens is 174 g/mol. The fourth-order valence-electron chi connectivity index (χ4n) is 1.74. The summed E-state index contributed by atoms with van der Waals surface area (Å²) in [7, 11) is 0. The number of rotatable bonds is 4. The Labute approximate surface area is 85.8 Å². The Morgan fingerprint density at radius 1 is 1.36 bits per heavy atom. The summed E-state index contributed by atoms with van der Waals surface area (Å²) >= 11 is 0. The summed E-state index contributed by atoms with van der Waals surface area (Å²) in [5.74, 6) is 0.208. The van der Waals surface area contributed by atoms with Gasteiger partial charge in [-0.3, -0.25) is 5.41 Å². The van der Waals surface area contributed by atoms with E-state index in [0.29, 0.717) is 0 Å². The van der Waals surface area contributed by atoms with Crippen molar-refractivity contribution in [1.29, 1.82) is 5.41 Å². The Balaban J connectivity index is 2.72. The normalized spacial score (nSPS) is 15.9. The van der Waals surface area contributed by atoms with Crippen LogP contribution in [0.15, 0.2) is 23.4 Å². The Hall–Kier alpha value is -1.25. The standard InChI is InChI=1S/C11H19N3/c1-3-14(4-2)10-7-5-9(6-8-10)11(12)13/h5,7H,3-4,6,8H2,1-2H3,(H3,12,13). The second-order valence-electron chi connectivity index (χ2n) is 3.44. The van der Waals surface area contributed by atoms with E-state index in [1.54, 1.807) is 0 Å². The molecule has 0 bridgehead atoms. The number of nitrogens with one attached hydrogen (secondary N) is 1. The van der Waals surface area contributed by atoms with Crippen LogP contribution < -0.4 is 5.73 Å². The van der Waals surface area contributed by atoms with Crippen LogP contribution in [-0.4, -0.2) is 23.8 Å². The van der Waals surface area contributed by atoms with Gasteiger partial charge in [0.1, 0.15) is 5.84 Å². The van der Waals surface area contributed by atoms with E-state index in [1.165, 1.54) is 5.70 Å². The van der Waals surface area contributed by atoms with Crippen LogP contribution in [0.2, 0.25) is 0 Å². The number of hydrogen-bond acceptors (Lipinski definition) is 2. The lowest BCUT2D eigenvalue weighted by Crippen LogP contribution is -2.24. The van der Waals surface area contributed by atoms with Crippen LogP contribution in [0.3, 0.4) is 0 Å². The number of allylic oxidation sites excluding steroid dienone is 3. The molecule has 3 nitrogen and oxygen atoms in total. The van der Waals surface area contributed by atoms with Gasteiger partial charge in [0.25, 0.3) is 0 Å². The molecule has 0 spiro atoms. The smallest absolute Gasteiger partial charge is 0.118 e. The van der Waals surface area contributed by atoms with E-state index >= 15 is 0 Å². The third kappa shape index (κ3) is 2.37. The van der Waals surface area contributed by atoms with E-state index < -0.39 is 0 Å². The molecule has 0 saturated carbocycles. The highest BCUT2D eigenvalue weighted by Crippen LogP contribution is 2.20. The minimum atomic E-state index is 0.208. The minimum absolute atomic E-state index is 0.208. The maximum atomic E-state index is 7.32. The molecule has 3 N–H and O–H groups in total. The maximum Gasteiger partial charge on any atom is 0.118 e. The molecule has 0 aliphatic heterocycles. The first-order valence-corrected chi connectivity index (χ1v) is 5.18. The van der Waals surface area contributed by atoms with Crippen LogP contribution in [-0.2, 0) is 0 Å². The number of nitrogens with two attached hydrogens (primary N) is 1. The van der Waals surface area contributed by atoms with Gasteiger partial charge in [0.2, 0.25) is 0 Å². The highest BCUT2D eigenvalue weighted by Gasteiger charge is 2.11. The molecule has 3 heteroatoms. The molecule has 78 valence electrons. The van der Waals surface area contributed by atoms with E-state index in [-0.39, 0.29) is 5.84 Å². The van der Waals surface area contributed by atoms with Crippen molar-refractivity contribution in [2.24, 2.45) is 5.73 Å². The lowest BCUT2D eigenvalue weighted by atomic mass is 10.0. The molecule has 0 aromatic carbocycles. The van der Waals surface area contributed by atoms with Crippen LogP contribution in [0.4, 0.5) is 0 Å². The van der Waals surface area contributed by atoms with Gasteiger partial charge in [0, 0.05) is 18.8 Å². The monoisotopic (exact) mass is 193 g/mol. The SMILES string of the molecule is CCN(CC)C1=CC=C(C(=N)N)CC1. The van der Waals surface area contributed by atoms with Crippen LogP contribution in [0.1, 0.15) is 26.7 Å². The molecule has 0 heterocycles. The van der Waals surface area contributed by atoms with Crippen LogP contribution in [0.5, 0.6) is 0 Å². The summed E-state index contributed by atoms with van der Waals surface area (Å²) in [6.45, 7) is 6.42. The maximum absolute atomic E-state index is 7.32. The largest absolute Gasteiger partial charge is 0.384 e. The Kier molecular flexibility index (Phi) is 3.74. The van der Waals surface area contributed by atoms with Crippen LogP contribution in [0.25, 0.3) is 0 Å². The molecule has 0 aromatic heterocycles. The van der Waals surface area contributed by atoms with Gasteiger partial charge in [-0.1, -0.05) is 6.08 Å². The zero-order chi connectivity index (χ0) is 10.6. The molecule has 14 heavy (non-hydrogen) atoms. The first-order chi connectivity index (χ1) is 6.69. The summed E-state index contributed by atoms with van der Waals surface area (Å²) in [5, 5.41) is 7.32. The Bertz CT molecular complexity index is 272. The molecular formula is C11H19N3. The van der Waals surface area contributed by atoms with Gasteiger partial charge in [-0.2, -0.15) is 0 Å². The molecule has 0 aromatic rings. The minimum Gasteiger partial charge on any atom is -0.384 e. The van der Waals surface area contributed by atoms with Crippen molar-refractivity contribution < 1.29 is 0 Å². The lowest BCUT2D eigenvalue weighted by molar-refractivity contribution is 0.367. The first-order valence-electron chi connectivity index (χ1n) is 5.18. The predicted molar refractivity (Wildman–Crippen MR) is 60.2 cm³/mol. The van der Waals surface area contributed by atoms with Gasteiger partial charge in [0.05, 0.1) is 0 Å². The summed E-state index contributed by atoms with van der Waals surface area (Å²) in [6.07, 6.45) is 5.97. The summed E-state index contributed by atoms with van der Waals surface area (Å²) in [6, 6.07) is 0. The average Bonchev–Trinajstić information content (AvgIpc) is 2.20. The van der Waals surface area contributed by atoms with Crippen molar-refractivity contribution in [3.8, 4) is 0 Å². The quantitative estimate of drug-likeness (QED) is 0.529. The van der Waals surface area contributed by atoms with Gasteiger partial charge in [-0.25, -0.2) is 0 Å². The summed E-state index contributed by atoms with van der Waals surface area (Å²) in [4.78, 5) is 2.34. The molecule has 1 aliphatic rings. The number of nitrogens with zero attached hydrogens (tertiary/aromatic N) is 1. The van der Waals surface area contributed by atoms with Gasteiger partial charge < -0.3 is 10.6 Å². The highest BCUT2D eigenvalue weighted by atomic mass is 15.1. The van der Waals surface area contributed by atoms with Gasteiger partial charge >= 0.3 is 0 Å². The van der Waals surface area contributed by atoms with Crippen LogP contribution >= 0.6 is 0 Å². The second kappa shape index (κ2) is 4.84. The molecule has 0 atom stereocenters. The van der Waals surface area contributed by atoms with Gasteiger partial charge in [0.15, 0.2) is 0 Å². The van der Waals surface area contributed by atoms with E-state index in [0.717, 1.165) is 31.5 Å². The second-order valence-corrected chi connectivity index (χ2v) is 3.44. The predicted octanol–water partition coefficient (Wildman–Crippen LogP) is 1.87. The zero-order valence-electron chi connectivity index (χ0n) is 9.01. The van der Waals surface area contributed by atoms with E-state index in [9.17, 15) is 0 Å². The number of hydrogen-bond donors (Lipinski definition) is 2. The third-order valence-electron chi connectivity index (χ3n) is 2.64. The van der Waals surface area contributed by atoms with Gasteiger partial charge in [-0.05, 0) is 38.3 Å². The molecule has 0 fully saturated rings. The Morgan fingerprint density at radius 3 is 2.36 bits per heavy atom. The summed E-state index contributed by atoms with van der Waals surface area (Å²) < 4.78 is 0. The summed E-state index contributed by atoms with van der Waals surface area (Å²) in [5.41, 5.74) is 7.75. The molecule has 0 saturated heterocycles. The molecule has 0 amide bonds. The lowest BCUT2D eigenvalue weighted by Gasteiger charge is -2.26. The van der Waals surface area contributed by atoms with E-state index in [2.05, 4.69) is 24.8 Å². The molecule has 1 rings (SSSR count). The molecule has 0 unspecified atom stereocenters. The highest BCUT2D eigenvalue weighted by molar-refractivity contribution is 5.94. The van der Waals surface area contributed by atoms with Crippen molar-refractivity contribution >= 4 is 5.84 Å². The Morgan fingerprint density at radius 2 is 2.00 bits per heavy atom.